The third-order valence-corrected chi connectivity index (χ3v) is 5.78. The fraction of sp³-hybridized carbons (Fsp3) is 0.200. The summed E-state index contributed by atoms with van der Waals surface area (Å²) in [6.45, 7) is 1.68. The molecule has 2 aromatic carbocycles. The van der Waals surface area contributed by atoms with Gasteiger partial charge in [0.25, 0.3) is 0 Å². The quantitative estimate of drug-likeness (QED) is 0.329. The molecule has 2 aromatic heterocycles. The Hall–Kier alpha value is -1.10. The summed E-state index contributed by atoms with van der Waals surface area (Å²) < 4.78 is 9.96. The zero-order valence-electron chi connectivity index (χ0n) is 14.0. The van der Waals surface area contributed by atoms with Crippen LogP contribution in [0.1, 0.15) is 5.76 Å². The predicted octanol–water partition coefficient (Wildman–Crippen LogP) is 4.75. The average molecular weight is 572 g/mol. The van der Waals surface area contributed by atoms with E-state index in [0.717, 1.165) is 16.8 Å². The highest BCUT2D eigenvalue weighted by Gasteiger charge is 2.14. The highest BCUT2D eigenvalue weighted by atomic mass is 127. The highest BCUT2D eigenvalue weighted by Crippen LogP contribution is 2.31. The first-order valence-corrected chi connectivity index (χ1v) is 10.6. The maximum atomic E-state index is 10.6. The molecule has 4 aromatic rings. The number of aromatic nitrogens is 1. The Bertz CT molecular complexity index is 982. The van der Waals surface area contributed by atoms with Gasteiger partial charge < -0.3 is 19.4 Å². The molecule has 6 heteroatoms. The van der Waals surface area contributed by atoms with Crippen molar-refractivity contribution in [1.82, 2.24) is 9.88 Å². The van der Waals surface area contributed by atoms with E-state index in [1.165, 1.54) is 17.9 Å². The second-order valence-corrected chi connectivity index (χ2v) is 8.79. The maximum Gasteiger partial charge on any atom is 0.117 e. The second-order valence-electron chi connectivity index (χ2n) is 6.30. The van der Waals surface area contributed by atoms with Crippen LogP contribution in [0.4, 0.5) is 0 Å². The molecule has 0 spiro atoms. The van der Waals surface area contributed by atoms with Crippen LogP contribution in [0.25, 0.3) is 21.8 Å². The SMILES string of the molecule is O[C@H](CNCc1ccco1)Cn1c2ccc(I)cc2c2cc(I)ccc21. The van der Waals surface area contributed by atoms with Crippen molar-refractivity contribution in [2.75, 3.05) is 6.54 Å². The summed E-state index contributed by atoms with van der Waals surface area (Å²) in [5, 5.41) is 16.3. The molecular formula is C20H18I2N2O2. The van der Waals surface area contributed by atoms with Gasteiger partial charge >= 0.3 is 0 Å². The van der Waals surface area contributed by atoms with Crippen molar-refractivity contribution in [2.45, 2.75) is 19.2 Å². The van der Waals surface area contributed by atoms with Crippen molar-refractivity contribution in [1.29, 1.82) is 0 Å². The molecule has 0 amide bonds. The third-order valence-electron chi connectivity index (χ3n) is 4.44. The largest absolute Gasteiger partial charge is 0.468 e. The molecule has 2 heterocycles. The third kappa shape index (κ3) is 3.78. The molecule has 0 aliphatic rings. The molecule has 1 atom stereocenters. The van der Waals surface area contributed by atoms with Crippen LogP contribution in [0, 0.1) is 7.14 Å². The molecule has 0 fully saturated rings. The maximum absolute atomic E-state index is 10.6. The standard InChI is InChI=1S/C20H18I2N2O2/c21-13-3-5-19-17(8-13)18-9-14(22)4-6-20(18)24(19)12-15(25)10-23-11-16-2-1-7-26-16/h1-9,15,23,25H,10-12H2/t15-/m1/s1. The summed E-state index contributed by atoms with van der Waals surface area (Å²) in [5.74, 6) is 0.873. The molecule has 0 saturated heterocycles. The number of rotatable bonds is 6. The second kappa shape index (κ2) is 7.87. The van der Waals surface area contributed by atoms with Gasteiger partial charge in [0.15, 0.2) is 0 Å². The van der Waals surface area contributed by atoms with Crippen LogP contribution in [0.15, 0.2) is 59.2 Å². The fourth-order valence-corrected chi connectivity index (χ4v) is 4.28. The molecule has 0 unspecified atom stereocenters. The Kier molecular flexibility index (Phi) is 5.53. The van der Waals surface area contributed by atoms with Crippen LogP contribution in [0.2, 0.25) is 0 Å². The molecule has 0 aliphatic heterocycles. The number of aliphatic hydroxyl groups is 1. The van der Waals surface area contributed by atoms with E-state index in [1.54, 1.807) is 6.26 Å². The van der Waals surface area contributed by atoms with E-state index in [4.69, 9.17) is 4.42 Å². The van der Waals surface area contributed by atoms with E-state index in [9.17, 15) is 5.11 Å². The van der Waals surface area contributed by atoms with Crippen LogP contribution in [-0.4, -0.2) is 22.3 Å². The Labute approximate surface area is 178 Å². The van der Waals surface area contributed by atoms with Crippen molar-refractivity contribution >= 4 is 67.0 Å². The topological polar surface area (TPSA) is 50.3 Å². The van der Waals surface area contributed by atoms with Crippen LogP contribution in [-0.2, 0) is 13.1 Å². The van der Waals surface area contributed by atoms with Gasteiger partial charge in [0, 0.05) is 35.5 Å². The first kappa shape index (κ1) is 18.3. The van der Waals surface area contributed by atoms with E-state index < -0.39 is 6.10 Å². The molecule has 0 bridgehead atoms. The summed E-state index contributed by atoms with van der Waals surface area (Å²) in [5.41, 5.74) is 2.32. The number of furan rings is 1. The molecule has 0 saturated carbocycles. The molecular weight excluding hydrogens is 554 g/mol. The van der Waals surface area contributed by atoms with Crippen LogP contribution < -0.4 is 5.32 Å². The Balaban J connectivity index is 1.60. The smallest absolute Gasteiger partial charge is 0.117 e. The van der Waals surface area contributed by atoms with Gasteiger partial charge in [0.2, 0.25) is 0 Å². The van der Waals surface area contributed by atoms with E-state index in [2.05, 4.69) is 91.5 Å². The number of aliphatic hydroxyl groups excluding tert-OH is 1. The fourth-order valence-electron chi connectivity index (χ4n) is 3.30. The molecule has 4 rings (SSSR count). The van der Waals surface area contributed by atoms with Gasteiger partial charge in [-0.05, 0) is 93.7 Å². The molecule has 2 N–H and O–H groups in total. The zero-order valence-corrected chi connectivity index (χ0v) is 18.3. The van der Waals surface area contributed by atoms with Crippen molar-refractivity contribution in [2.24, 2.45) is 0 Å². The molecule has 4 nitrogen and oxygen atoms in total. The number of fused-ring (bicyclic) bond motifs is 3. The number of halogens is 2. The van der Waals surface area contributed by atoms with Gasteiger partial charge in [-0.15, -0.1) is 0 Å². The number of nitrogens with one attached hydrogen (secondary N) is 1. The highest BCUT2D eigenvalue weighted by molar-refractivity contribution is 14.1. The van der Waals surface area contributed by atoms with Gasteiger partial charge in [-0.2, -0.15) is 0 Å². The van der Waals surface area contributed by atoms with Crippen molar-refractivity contribution in [3.05, 3.63) is 67.7 Å². The molecule has 0 aliphatic carbocycles. The van der Waals surface area contributed by atoms with E-state index in [0.29, 0.717) is 19.6 Å². The monoisotopic (exact) mass is 572 g/mol. The first-order chi connectivity index (χ1) is 12.6. The van der Waals surface area contributed by atoms with Crippen LogP contribution >= 0.6 is 45.2 Å². The van der Waals surface area contributed by atoms with Crippen molar-refractivity contribution in [3.63, 3.8) is 0 Å². The minimum Gasteiger partial charge on any atom is -0.468 e. The summed E-state index contributed by atoms with van der Waals surface area (Å²) >= 11 is 4.70. The lowest BCUT2D eigenvalue weighted by molar-refractivity contribution is 0.153. The van der Waals surface area contributed by atoms with E-state index in [1.807, 2.05) is 12.1 Å². The van der Waals surface area contributed by atoms with E-state index in [-0.39, 0.29) is 0 Å². The zero-order chi connectivity index (χ0) is 18.1. The van der Waals surface area contributed by atoms with E-state index >= 15 is 0 Å². The summed E-state index contributed by atoms with van der Waals surface area (Å²) in [7, 11) is 0. The van der Waals surface area contributed by atoms with Crippen LogP contribution in [0.5, 0.6) is 0 Å². The molecule has 0 radical (unpaired) electrons. The van der Waals surface area contributed by atoms with Crippen molar-refractivity contribution in [3.8, 4) is 0 Å². The Morgan fingerprint density at radius 3 is 2.23 bits per heavy atom. The molecule has 26 heavy (non-hydrogen) atoms. The van der Waals surface area contributed by atoms with Crippen molar-refractivity contribution < 1.29 is 9.52 Å². The number of hydrogen-bond acceptors (Lipinski definition) is 3. The van der Waals surface area contributed by atoms with Gasteiger partial charge in [0.05, 0.1) is 25.5 Å². The summed E-state index contributed by atoms with van der Waals surface area (Å²) in [6.07, 6.45) is 1.18. The minimum atomic E-state index is -0.484. The first-order valence-electron chi connectivity index (χ1n) is 8.40. The summed E-state index contributed by atoms with van der Waals surface area (Å²) in [4.78, 5) is 0. The Morgan fingerprint density at radius 1 is 1.00 bits per heavy atom. The van der Waals surface area contributed by atoms with Gasteiger partial charge in [-0.3, -0.25) is 0 Å². The lowest BCUT2D eigenvalue weighted by atomic mass is 10.2. The van der Waals surface area contributed by atoms with Gasteiger partial charge in [-0.25, -0.2) is 0 Å². The van der Waals surface area contributed by atoms with Gasteiger partial charge in [0.1, 0.15) is 5.76 Å². The number of nitrogens with zero attached hydrogens (tertiary/aromatic N) is 1. The number of hydrogen-bond donors (Lipinski definition) is 2. The lowest BCUT2D eigenvalue weighted by Crippen LogP contribution is -2.29. The Morgan fingerprint density at radius 2 is 1.65 bits per heavy atom. The molecule has 134 valence electrons. The van der Waals surface area contributed by atoms with Crippen LogP contribution in [0.3, 0.4) is 0 Å². The average Bonchev–Trinajstić information content (AvgIpc) is 3.22. The lowest BCUT2D eigenvalue weighted by Gasteiger charge is -2.14. The summed E-state index contributed by atoms with van der Waals surface area (Å²) in [6, 6.07) is 16.7. The minimum absolute atomic E-state index is 0.484. The predicted molar refractivity (Wildman–Crippen MR) is 121 cm³/mol. The normalized spacial score (nSPS) is 12.9. The van der Waals surface area contributed by atoms with Gasteiger partial charge in [-0.1, -0.05) is 0 Å². The number of benzene rings is 2.